The fourth-order valence-corrected chi connectivity index (χ4v) is 2.84. The Morgan fingerprint density at radius 2 is 2.00 bits per heavy atom. The van der Waals surface area contributed by atoms with Crippen molar-refractivity contribution in [1.82, 2.24) is 4.98 Å². The SMILES string of the molecule is C=C(C=N)N=C(c1cccc(O)c1)c1c(O)[nH]c2ccc(Br)cc12. The zero-order valence-electron chi connectivity index (χ0n) is 12.5. The average Bonchev–Trinajstić information content (AvgIpc) is 2.87. The molecular weight excluding hydrogens is 370 g/mol. The third kappa shape index (κ3) is 2.96. The molecule has 24 heavy (non-hydrogen) atoms. The fraction of sp³-hybridized carbons (Fsp3) is 0. The van der Waals surface area contributed by atoms with Crippen LogP contribution in [0, 0.1) is 5.41 Å². The Kier molecular flexibility index (Phi) is 4.22. The summed E-state index contributed by atoms with van der Waals surface area (Å²) in [4.78, 5) is 7.28. The number of aromatic hydroxyl groups is 2. The molecule has 0 saturated carbocycles. The number of phenolic OH excluding ortho intramolecular Hbond substituents is 1. The number of benzene rings is 2. The summed E-state index contributed by atoms with van der Waals surface area (Å²) in [6.07, 6.45) is 1.03. The van der Waals surface area contributed by atoms with Gasteiger partial charge in [0.2, 0.25) is 0 Å². The number of nitrogens with zero attached hydrogens (tertiary/aromatic N) is 1. The van der Waals surface area contributed by atoms with Gasteiger partial charge in [-0.2, -0.15) is 0 Å². The molecule has 0 fully saturated rings. The molecule has 6 heteroatoms. The zero-order chi connectivity index (χ0) is 17.3. The van der Waals surface area contributed by atoms with E-state index in [1.54, 1.807) is 24.3 Å². The molecule has 1 heterocycles. The minimum absolute atomic E-state index is 0.0389. The standard InChI is InChI=1S/C18H14BrN3O2/c1-10(9-20)21-17(11-3-2-4-13(23)7-11)16-14-8-12(19)5-6-15(14)22-18(16)24/h2-9,20,22-24H,1H2. The second-order valence-corrected chi connectivity index (χ2v) is 6.10. The van der Waals surface area contributed by atoms with Crippen molar-refractivity contribution < 1.29 is 10.2 Å². The Morgan fingerprint density at radius 1 is 1.21 bits per heavy atom. The lowest BCUT2D eigenvalue weighted by Gasteiger charge is -2.08. The smallest absolute Gasteiger partial charge is 0.199 e. The Labute approximate surface area is 146 Å². The minimum atomic E-state index is -0.0389. The maximum atomic E-state index is 10.4. The summed E-state index contributed by atoms with van der Waals surface area (Å²) >= 11 is 3.43. The Balaban J connectivity index is 2.33. The van der Waals surface area contributed by atoms with Gasteiger partial charge < -0.3 is 20.6 Å². The van der Waals surface area contributed by atoms with Gasteiger partial charge in [-0.1, -0.05) is 34.6 Å². The number of hydrogen-bond donors (Lipinski definition) is 4. The van der Waals surface area contributed by atoms with Crippen molar-refractivity contribution in [2.45, 2.75) is 0 Å². The fourth-order valence-electron chi connectivity index (χ4n) is 2.48. The summed E-state index contributed by atoms with van der Waals surface area (Å²) in [5.41, 5.74) is 2.49. The molecule has 0 bridgehead atoms. The normalized spacial score (nSPS) is 11.6. The van der Waals surface area contributed by atoms with E-state index >= 15 is 0 Å². The van der Waals surface area contributed by atoms with Gasteiger partial charge in [0.05, 0.1) is 17.0 Å². The number of halogens is 1. The highest BCUT2D eigenvalue weighted by atomic mass is 79.9. The number of fused-ring (bicyclic) bond motifs is 1. The highest BCUT2D eigenvalue weighted by molar-refractivity contribution is 9.10. The molecule has 0 atom stereocenters. The summed E-state index contributed by atoms with van der Waals surface area (Å²) < 4.78 is 0.858. The van der Waals surface area contributed by atoms with E-state index in [0.29, 0.717) is 16.8 Å². The van der Waals surface area contributed by atoms with Gasteiger partial charge in [0.15, 0.2) is 5.88 Å². The number of aromatic nitrogens is 1. The first kappa shape index (κ1) is 16.0. The maximum absolute atomic E-state index is 10.4. The first-order chi connectivity index (χ1) is 11.5. The Hall–Kier alpha value is -2.86. The van der Waals surface area contributed by atoms with E-state index < -0.39 is 0 Å². The van der Waals surface area contributed by atoms with E-state index in [0.717, 1.165) is 21.6 Å². The maximum Gasteiger partial charge on any atom is 0.199 e. The number of rotatable bonds is 4. The van der Waals surface area contributed by atoms with Crippen molar-refractivity contribution in [3.8, 4) is 11.6 Å². The molecule has 0 aliphatic carbocycles. The van der Waals surface area contributed by atoms with Crippen LogP contribution in [0.25, 0.3) is 10.9 Å². The lowest BCUT2D eigenvalue weighted by molar-refractivity contribution is 0.457. The molecule has 1 aromatic heterocycles. The number of aromatic amines is 1. The van der Waals surface area contributed by atoms with Crippen LogP contribution < -0.4 is 0 Å². The molecule has 3 aromatic rings. The van der Waals surface area contributed by atoms with Gasteiger partial charge in [0.25, 0.3) is 0 Å². The van der Waals surface area contributed by atoms with Crippen LogP contribution in [0.1, 0.15) is 11.1 Å². The van der Waals surface area contributed by atoms with E-state index in [1.807, 2.05) is 18.2 Å². The quantitative estimate of drug-likeness (QED) is 0.504. The summed E-state index contributed by atoms with van der Waals surface area (Å²) in [5, 5.41) is 28.3. The predicted molar refractivity (Wildman–Crippen MR) is 99.3 cm³/mol. The zero-order valence-corrected chi connectivity index (χ0v) is 14.1. The van der Waals surface area contributed by atoms with Crippen LogP contribution in [-0.2, 0) is 0 Å². The largest absolute Gasteiger partial charge is 0.508 e. The van der Waals surface area contributed by atoms with Crippen LogP contribution in [0.2, 0.25) is 0 Å². The molecule has 4 N–H and O–H groups in total. The monoisotopic (exact) mass is 383 g/mol. The van der Waals surface area contributed by atoms with Crippen LogP contribution >= 0.6 is 15.9 Å². The molecule has 3 rings (SSSR count). The molecule has 0 aliphatic rings. The third-order valence-electron chi connectivity index (χ3n) is 3.52. The van der Waals surface area contributed by atoms with Crippen LogP contribution in [0.4, 0.5) is 0 Å². The molecule has 0 unspecified atom stereocenters. The van der Waals surface area contributed by atoms with Crippen molar-refractivity contribution in [2.24, 2.45) is 4.99 Å². The van der Waals surface area contributed by atoms with Crippen molar-refractivity contribution in [3.05, 3.63) is 70.3 Å². The number of allylic oxidation sites excluding steroid dienone is 1. The third-order valence-corrected chi connectivity index (χ3v) is 4.01. The second-order valence-electron chi connectivity index (χ2n) is 5.18. The summed E-state index contributed by atoms with van der Waals surface area (Å²) in [6.45, 7) is 3.70. The Morgan fingerprint density at radius 3 is 2.71 bits per heavy atom. The molecule has 0 radical (unpaired) electrons. The van der Waals surface area contributed by atoms with Gasteiger partial charge in [-0.05, 0) is 30.3 Å². The average molecular weight is 384 g/mol. The number of phenols is 1. The first-order valence-electron chi connectivity index (χ1n) is 7.07. The molecule has 5 nitrogen and oxygen atoms in total. The summed E-state index contributed by atoms with van der Waals surface area (Å²) in [7, 11) is 0. The van der Waals surface area contributed by atoms with Crippen molar-refractivity contribution in [1.29, 1.82) is 5.41 Å². The number of nitrogens with one attached hydrogen (secondary N) is 2. The lowest BCUT2D eigenvalue weighted by Crippen LogP contribution is -2.04. The molecule has 0 aliphatic heterocycles. The molecule has 120 valence electrons. The predicted octanol–water partition coefficient (Wildman–Crippen LogP) is 4.34. The van der Waals surface area contributed by atoms with Gasteiger partial charge in [-0.25, -0.2) is 4.99 Å². The van der Waals surface area contributed by atoms with E-state index in [9.17, 15) is 10.2 Å². The van der Waals surface area contributed by atoms with Crippen LogP contribution in [0.5, 0.6) is 11.6 Å². The van der Waals surface area contributed by atoms with Crippen LogP contribution in [-0.4, -0.2) is 27.1 Å². The highest BCUT2D eigenvalue weighted by Gasteiger charge is 2.19. The Bertz CT molecular complexity index is 989. The number of hydrogen-bond acceptors (Lipinski definition) is 4. The molecule has 0 amide bonds. The second kappa shape index (κ2) is 6.33. The van der Waals surface area contributed by atoms with Gasteiger partial charge in [-0.15, -0.1) is 0 Å². The van der Waals surface area contributed by atoms with Gasteiger partial charge in [0, 0.05) is 27.2 Å². The first-order valence-corrected chi connectivity index (χ1v) is 7.87. The van der Waals surface area contributed by atoms with Gasteiger partial charge >= 0.3 is 0 Å². The minimum Gasteiger partial charge on any atom is -0.508 e. The topological polar surface area (TPSA) is 92.5 Å². The molecular formula is C18H14BrN3O2. The van der Waals surface area contributed by atoms with E-state index in [1.165, 1.54) is 0 Å². The van der Waals surface area contributed by atoms with Crippen molar-refractivity contribution >= 4 is 38.8 Å². The van der Waals surface area contributed by atoms with E-state index in [4.69, 9.17) is 5.41 Å². The van der Waals surface area contributed by atoms with Crippen molar-refractivity contribution in [2.75, 3.05) is 0 Å². The lowest BCUT2D eigenvalue weighted by atomic mass is 10.0. The summed E-state index contributed by atoms with van der Waals surface area (Å²) in [5.74, 6) is 0.0455. The van der Waals surface area contributed by atoms with E-state index in [-0.39, 0.29) is 17.3 Å². The molecule has 2 aromatic carbocycles. The van der Waals surface area contributed by atoms with Crippen LogP contribution in [0.3, 0.4) is 0 Å². The van der Waals surface area contributed by atoms with Crippen LogP contribution in [0.15, 0.2) is 64.2 Å². The van der Waals surface area contributed by atoms with Gasteiger partial charge in [0.1, 0.15) is 5.75 Å². The van der Waals surface area contributed by atoms with Crippen molar-refractivity contribution in [3.63, 3.8) is 0 Å². The van der Waals surface area contributed by atoms with Gasteiger partial charge in [-0.3, -0.25) is 0 Å². The van der Waals surface area contributed by atoms with E-state index in [2.05, 4.69) is 32.5 Å². The highest BCUT2D eigenvalue weighted by Crippen LogP contribution is 2.32. The molecule has 0 saturated heterocycles. The molecule has 0 spiro atoms. The number of H-pyrrole nitrogens is 1. The number of aliphatic imine (C=N–C) groups is 1. The summed E-state index contributed by atoms with van der Waals surface area (Å²) in [6, 6.07) is 12.1.